The van der Waals surface area contributed by atoms with Gasteiger partial charge >= 0.3 is 0 Å². The van der Waals surface area contributed by atoms with Crippen molar-refractivity contribution in [2.24, 2.45) is 0 Å². The highest BCUT2D eigenvalue weighted by molar-refractivity contribution is 9.10. The Morgan fingerprint density at radius 1 is 1.20 bits per heavy atom. The van der Waals surface area contributed by atoms with Gasteiger partial charge in [-0.25, -0.2) is 9.37 Å². The van der Waals surface area contributed by atoms with Crippen LogP contribution in [0.25, 0.3) is 0 Å². The van der Waals surface area contributed by atoms with Crippen LogP contribution in [0, 0.1) is 5.82 Å². The Bertz CT molecular complexity index is 587. The van der Waals surface area contributed by atoms with Gasteiger partial charge in [0.15, 0.2) is 0 Å². The van der Waals surface area contributed by atoms with E-state index >= 15 is 0 Å². The molecule has 0 radical (unpaired) electrons. The molecule has 20 heavy (non-hydrogen) atoms. The molecule has 0 amide bonds. The second kappa shape index (κ2) is 6.65. The Morgan fingerprint density at radius 3 is 2.65 bits per heavy atom. The van der Waals surface area contributed by atoms with Crippen molar-refractivity contribution in [2.75, 3.05) is 11.9 Å². The van der Waals surface area contributed by atoms with E-state index in [0.717, 1.165) is 6.54 Å². The first-order valence-electron chi connectivity index (χ1n) is 6.36. The standard InChI is InChI=1S/C14H15BrFN3O/c1-3-12-18-13(17-4-2)8-14(19-12)20-11-6-9(15)5-10(16)7-11/h5-8H,3-4H2,1-2H3,(H,17,18,19). The minimum Gasteiger partial charge on any atom is -0.439 e. The number of rotatable bonds is 5. The molecule has 0 unspecified atom stereocenters. The molecule has 1 aromatic heterocycles. The molecule has 0 spiro atoms. The Kier molecular flexibility index (Phi) is 4.89. The number of hydrogen-bond acceptors (Lipinski definition) is 4. The molecule has 0 aliphatic rings. The summed E-state index contributed by atoms with van der Waals surface area (Å²) < 4.78 is 19.5. The van der Waals surface area contributed by atoms with Crippen LogP contribution in [0.1, 0.15) is 19.7 Å². The van der Waals surface area contributed by atoms with Crippen LogP contribution in [-0.4, -0.2) is 16.5 Å². The molecule has 0 bridgehead atoms. The minimum absolute atomic E-state index is 0.369. The van der Waals surface area contributed by atoms with Gasteiger partial charge in [-0.2, -0.15) is 4.98 Å². The maximum atomic E-state index is 13.3. The lowest BCUT2D eigenvalue weighted by Crippen LogP contribution is -2.04. The largest absolute Gasteiger partial charge is 0.439 e. The van der Waals surface area contributed by atoms with Gasteiger partial charge in [0.05, 0.1) is 0 Å². The molecular weight excluding hydrogens is 325 g/mol. The Balaban J connectivity index is 2.29. The molecule has 0 aliphatic carbocycles. The zero-order valence-corrected chi connectivity index (χ0v) is 12.9. The minimum atomic E-state index is -0.369. The van der Waals surface area contributed by atoms with E-state index in [0.29, 0.717) is 34.2 Å². The number of nitrogens with one attached hydrogen (secondary N) is 1. The van der Waals surface area contributed by atoms with E-state index in [1.54, 1.807) is 12.1 Å². The summed E-state index contributed by atoms with van der Waals surface area (Å²) in [5.74, 6) is 1.79. The van der Waals surface area contributed by atoms with E-state index in [9.17, 15) is 4.39 Å². The maximum absolute atomic E-state index is 13.3. The second-order valence-corrected chi connectivity index (χ2v) is 5.01. The van der Waals surface area contributed by atoms with Crippen LogP contribution < -0.4 is 10.1 Å². The molecule has 1 aromatic carbocycles. The topological polar surface area (TPSA) is 47.0 Å². The lowest BCUT2D eigenvalue weighted by Gasteiger charge is -2.09. The van der Waals surface area contributed by atoms with Crippen molar-refractivity contribution in [1.29, 1.82) is 0 Å². The molecule has 1 N–H and O–H groups in total. The van der Waals surface area contributed by atoms with Gasteiger partial charge in [0.25, 0.3) is 0 Å². The number of halogens is 2. The highest BCUT2D eigenvalue weighted by Gasteiger charge is 2.07. The quantitative estimate of drug-likeness (QED) is 0.888. The maximum Gasteiger partial charge on any atom is 0.224 e. The number of aryl methyl sites for hydroxylation is 1. The molecule has 106 valence electrons. The van der Waals surface area contributed by atoms with Gasteiger partial charge in [0, 0.05) is 29.6 Å². The number of ether oxygens (including phenoxy) is 1. The van der Waals surface area contributed by atoms with E-state index in [-0.39, 0.29) is 5.82 Å². The normalized spacial score (nSPS) is 10.4. The van der Waals surface area contributed by atoms with Gasteiger partial charge in [0.1, 0.15) is 23.2 Å². The van der Waals surface area contributed by atoms with Crippen LogP contribution in [0.15, 0.2) is 28.7 Å². The SMILES string of the molecule is CCNc1cc(Oc2cc(F)cc(Br)c2)nc(CC)n1. The van der Waals surface area contributed by atoms with Gasteiger partial charge in [-0.05, 0) is 19.1 Å². The highest BCUT2D eigenvalue weighted by Crippen LogP contribution is 2.26. The zero-order chi connectivity index (χ0) is 14.5. The predicted molar refractivity (Wildman–Crippen MR) is 79.7 cm³/mol. The molecule has 1 heterocycles. The lowest BCUT2D eigenvalue weighted by molar-refractivity contribution is 0.454. The first-order chi connectivity index (χ1) is 9.60. The average Bonchev–Trinajstić information content (AvgIpc) is 2.37. The Labute approximate surface area is 125 Å². The number of aromatic nitrogens is 2. The van der Waals surface area contributed by atoms with Crippen LogP contribution in [0.5, 0.6) is 11.6 Å². The number of hydrogen-bond donors (Lipinski definition) is 1. The molecule has 2 aromatic rings. The van der Waals surface area contributed by atoms with E-state index in [2.05, 4.69) is 31.2 Å². The molecule has 4 nitrogen and oxygen atoms in total. The molecular formula is C14H15BrFN3O. The summed E-state index contributed by atoms with van der Waals surface area (Å²) in [4.78, 5) is 8.61. The zero-order valence-electron chi connectivity index (χ0n) is 11.3. The fraction of sp³-hybridized carbons (Fsp3) is 0.286. The number of nitrogens with zero attached hydrogens (tertiary/aromatic N) is 2. The van der Waals surface area contributed by atoms with E-state index in [1.807, 2.05) is 13.8 Å². The van der Waals surface area contributed by atoms with Crippen molar-refractivity contribution in [2.45, 2.75) is 20.3 Å². The summed E-state index contributed by atoms with van der Waals surface area (Å²) in [7, 11) is 0. The van der Waals surface area contributed by atoms with Crippen molar-refractivity contribution < 1.29 is 9.13 Å². The van der Waals surface area contributed by atoms with Crippen molar-refractivity contribution >= 4 is 21.7 Å². The van der Waals surface area contributed by atoms with Gasteiger partial charge in [-0.1, -0.05) is 22.9 Å². The smallest absolute Gasteiger partial charge is 0.224 e. The number of benzene rings is 1. The summed E-state index contributed by atoms with van der Waals surface area (Å²) >= 11 is 3.23. The summed E-state index contributed by atoms with van der Waals surface area (Å²) in [6.07, 6.45) is 0.697. The second-order valence-electron chi connectivity index (χ2n) is 4.10. The fourth-order valence-corrected chi connectivity index (χ4v) is 2.11. The lowest BCUT2D eigenvalue weighted by atomic mass is 10.3. The first-order valence-corrected chi connectivity index (χ1v) is 7.15. The predicted octanol–water partition coefficient (Wildman–Crippen LogP) is 4.16. The Hall–Kier alpha value is -1.69. The monoisotopic (exact) mass is 339 g/mol. The Morgan fingerprint density at radius 2 is 2.00 bits per heavy atom. The molecule has 0 saturated heterocycles. The first kappa shape index (κ1) is 14.7. The molecule has 2 rings (SSSR count). The third-order valence-corrected chi connectivity index (χ3v) is 2.94. The van der Waals surface area contributed by atoms with Crippen LogP contribution in [0.2, 0.25) is 0 Å². The van der Waals surface area contributed by atoms with Gasteiger partial charge in [0.2, 0.25) is 5.88 Å². The van der Waals surface area contributed by atoms with Crippen molar-refractivity contribution in [3.63, 3.8) is 0 Å². The fourth-order valence-electron chi connectivity index (χ4n) is 1.66. The number of anilines is 1. The van der Waals surface area contributed by atoms with Crippen LogP contribution in [-0.2, 0) is 6.42 Å². The van der Waals surface area contributed by atoms with Crippen LogP contribution in [0.4, 0.5) is 10.2 Å². The summed E-state index contributed by atoms with van der Waals surface area (Å²) in [6, 6.07) is 6.06. The summed E-state index contributed by atoms with van der Waals surface area (Å²) in [5, 5.41) is 3.12. The molecule has 0 aliphatic heterocycles. The molecule has 0 saturated carbocycles. The average molecular weight is 340 g/mol. The van der Waals surface area contributed by atoms with E-state index in [1.165, 1.54) is 12.1 Å². The van der Waals surface area contributed by atoms with E-state index < -0.39 is 0 Å². The third-order valence-electron chi connectivity index (χ3n) is 2.48. The molecule has 0 atom stereocenters. The van der Waals surface area contributed by atoms with Crippen molar-refractivity contribution in [3.05, 3.63) is 40.4 Å². The van der Waals surface area contributed by atoms with Gasteiger partial charge in [-0.3, -0.25) is 0 Å². The molecule has 6 heteroatoms. The third kappa shape index (κ3) is 3.90. The van der Waals surface area contributed by atoms with Crippen molar-refractivity contribution in [3.8, 4) is 11.6 Å². The summed E-state index contributed by atoms with van der Waals surface area (Å²) in [6.45, 7) is 4.71. The highest BCUT2D eigenvalue weighted by atomic mass is 79.9. The molecule has 0 fully saturated rings. The summed E-state index contributed by atoms with van der Waals surface area (Å²) in [5.41, 5.74) is 0. The van der Waals surface area contributed by atoms with Crippen LogP contribution >= 0.6 is 15.9 Å². The van der Waals surface area contributed by atoms with Crippen LogP contribution in [0.3, 0.4) is 0 Å². The van der Waals surface area contributed by atoms with Gasteiger partial charge < -0.3 is 10.1 Å². The van der Waals surface area contributed by atoms with E-state index in [4.69, 9.17) is 4.74 Å². The van der Waals surface area contributed by atoms with Gasteiger partial charge in [-0.15, -0.1) is 0 Å². The van der Waals surface area contributed by atoms with Crippen molar-refractivity contribution in [1.82, 2.24) is 9.97 Å².